The van der Waals surface area contributed by atoms with Gasteiger partial charge in [0.25, 0.3) is 0 Å². The molecule has 0 fully saturated rings. The van der Waals surface area contributed by atoms with Crippen LogP contribution in [0.4, 0.5) is 5.82 Å². The number of carboxylic acids is 1. The van der Waals surface area contributed by atoms with Crippen molar-refractivity contribution in [3.8, 4) is 0 Å². The highest BCUT2D eigenvalue weighted by molar-refractivity contribution is 7.19. The zero-order valence-electron chi connectivity index (χ0n) is 11.8. The molecule has 7 nitrogen and oxygen atoms in total. The molecule has 1 aliphatic carbocycles. The number of aliphatic carboxylic acids is 1. The number of nitrogens with one attached hydrogen (secondary N) is 1. The van der Waals surface area contributed by atoms with Crippen LogP contribution in [0.1, 0.15) is 29.7 Å². The first kappa shape index (κ1) is 14.7. The SMILES string of the molecule is NC(=O)C[C@H](Nc1ncnc2sc3c(c12)CCCC3)C(=O)O. The largest absolute Gasteiger partial charge is 0.480 e. The fourth-order valence-electron chi connectivity index (χ4n) is 2.77. The summed E-state index contributed by atoms with van der Waals surface area (Å²) < 4.78 is 0. The van der Waals surface area contributed by atoms with Gasteiger partial charge in [-0.25, -0.2) is 14.8 Å². The van der Waals surface area contributed by atoms with E-state index in [1.54, 1.807) is 11.3 Å². The number of thiophene rings is 1. The molecule has 0 saturated heterocycles. The number of rotatable bonds is 5. The highest BCUT2D eigenvalue weighted by atomic mass is 32.1. The summed E-state index contributed by atoms with van der Waals surface area (Å²) in [5.41, 5.74) is 6.32. The number of hydrogen-bond acceptors (Lipinski definition) is 6. The number of hydrogen-bond donors (Lipinski definition) is 3. The molecular weight excluding hydrogens is 304 g/mol. The van der Waals surface area contributed by atoms with Gasteiger partial charge in [0.1, 0.15) is 23.0 Å². The first-order chi connectivity index (χ1) is 10.6. The normalized spacial score (nSPS) is 15.3. The van der Waals surface area contributed by atoms with Gasteiger partial charge in [0.2, 0.25) is 5.91 Å². The molecule has 2 aromatic heterocycles. The number of anilines is 1. The first-order valence-corrected chi connectivity index (χ1v) is 7.91. The minimum atomic E-state index is -1.13. The van der Waals surface area contributed by atoms with Crippen molar-refractivity contribution in [3.63, 3.8) is 0 Å². The predicted octanol–water partition coefficient (Wildman–Crippen LogP) is 1.31. The van der Waals surface area contributed by atoms with Crippen molar-refractivity contribution >= 4 is 39.2 Å². The molecule has 3 rings (SSSR count). The molecule has 0 aliphatic heterocycles. The maximum absolute atomic E-state index is 11.3. The van der Waals surface area contributed by atoms with Crippen LogP contribution in [0.15, 0.2) is 6.33 Å². The molecule has 8 heteroatoms. The zero-order chi connectivity index (χ0) is 15.7. The second-order valence-electron chi connectivity index (χ2n) is 5.32. The number of aromatic nitrogens is 2. The van der Waals surface area contributed by atoms with E-state index in [2.05, 4.69) is 15.3 Å². The fourth-order valence-corrected chi connectivity index (χ4v) is 3.99. The molecule has 2 heterocycles. The van der Waals surface area contributed by atoms with E-state index in [0.29, 0.717) is 5.82 Å². The minimum Gasteiger partial charge on any atom is -0.480 e. The second kappa shape index (κ2) is 5.88. The molecule has 22 heavy (non-hydrogen) atoms. The molecule has 0 bridgehead atoms. The van der Waals surface area contributed by atoms with Crippen LogP contribution >= 0.6 is 11.3 Å². The van der Waals surface area contributed by atoms with Crippen molar-refractivity contribution in [2.75, 3.05) is 5.32 Å². The Morgan fingerprint density at radius 3 is 2.86 bits per heavy atom. The van der Waals surface area contributed by atoms with Gasteiger partial charge in [0, 0.05) is 4.88 Å². The Kier molecular flexibility index (Phi) is 3.93. The van der Waals surface area contributed by atoms with Gasteiger partial charge >= 0.3 is 5.97 Å². The Balaban J connectivity index is 2.01. The van der Waals surface area contributed by atoms with E-state index in [9.17, 15) is 14.7 Å². The van der Waals surface area contributed by atoms with E-state index in [1.807, 2.05) is 0 Å². The van der Waals surface area contributed by atoms with Crippen LogP contribution < -0.4 is 11.1 Å². The van der Waals surface area contributed by atoms with Crippen LogP contribution in [0, 0.1) is 0 Å². The average Bonchev–Trinajstić information content (AvgIpc) is 2.85. The van der Waals surface area contributed by atoms with E-state index in [0.717, 1.165) is 35.9 Å². The summed E-state index contributed by atoms with van der Waals surface area (Å²) in [6.07, 6.45) is 5.37. The summed E-state index contributed by atoms with van der Waals surface area (Å²) in [7, 11) is 0. The van der Waals surface area contributed by atoms with Crippen LogP contribution in [0.5, 0.6) is 0 Å². The maximum Gasteiger partial charge on any atom is 0.326 e. The molecule has 1 amide bonds. The van der Waals surface area contributed by atoms with Crippen LogP contribution in [-0.2, 0) is 22.4 Å². The van der Waals surface area contributed by atoms with E-state index >= 15 is 0 Å². The van der Waals surface area contributed by atoms with Gasteiger partial charge < -0.3 is 16.2 Å². The molecule has 2 aromatic rings. The molecule has 0 spiro atoms. The lowest BCUT2D eigenvalue weighted by molar-refractivity contribution is -0.139. The molecule has 0 unspecified atom stereocenters. The number of fused-ring (bicyclic) bond motifs is 3. The van der Waals surface area contributed by atoms with Gasteiger partial charge in [-0.2, -0.15) is 0 Å². The molecule has 0 radical (unpaired) electrons. The number of amides is 1. The van der Waals surface area contributed by atoms with E-state index in [1.165, 1.54) is 16.8 Å². The number of carboxylic acid groups (broad SMARTS) is 1. The summed E-state index contributed by atoms with van der Waals surface area (Å²) in [5.74, 6) is -1.33. The molecule has 1 aliphatic rings. The number of nitrogens with two attached hydrogens (primary N) is 1. The molecule has 1 atom stereocenters. The lowest BCUT2D eigenvalue weighted by atomic mass is 9.97. The van der Waals surface area contributed by atoms with Gasteiger partial charge in [-0.1, -0.05) is 0 Å². The topological polar surface area (TPSA) is 118 Å². The smallest absolute Gasteiger partial charge is 0.326 e. The van der Waals surface area contributed by atoms with Crippen molar-refractivity contribution < 1.29 is 14.7 Å². The van der Waals surface area contributed by atoms with Gasteiger partial charge in [0.15, 0.2) is 0 Å². The van der Waals surface area contributed by atoms with Crippen molar-refractivity contribution in [1.82, 2.24) is 9.97 Å². The van der Waals surface area contributed by atoms with Crippen LogP contribution in [0.25, 0.3) is 10.2 Å². The third kappa shape index (κ3) is 2.74. The van der Waals surface area contributed by atoms with E-state index in [-0.39, 0.29) is 6.42 Å². The third-order valence-corrected chi connectivity index (χ3v) is 4.97. The quantitative estimate of drug-likeness (QED) is 0.764. The van der Waals surface area contributed by atoms with Crippen molar-refractivity contribution in [1.29, 1.82) is 0 Å². The highest BCUT2D eigenvalue weighted by Gasteiger charge is 2.24. The number of aryl methyl sites for hydroxylation is 2. The molecule has 4 N–H and O–H groups in total. The number of carbonyl (C=O) groups is 2. The first-order valence-electron chi connectivity index (χ1n) is 7.09. The second-order valence-corrected chi connectivity index (χ2v) is 6.40. The number of carbonyl (C=O) groups excluding carboxylic acids is 1. The molecule has 116 valence electrons. The predicted molar refractivity (Wildman–Crippen MR) is 82.9 cm³/mol. The Hall–Kier alpha value is -2.22. The van der Waals surface area contributed by atoms with Crippen molar-refractivity contribution in [2.45, 2.75) is 38.1 Å². The van der Waals surface area contributed by atoms with Gasteiger partial charge in [-0.05, 0) is 31.2 Å². The van der Waals surface area contributed by atoms with Crippen molar-refractivity contribution in [2.24, 2.45) is 5.73 Å². The lowest BCUT2D eigenvalue weighted by Crippen LogP contribution is -2.34. The summed E-state index contributed by atoms with van der Waals surface area (Å²) in [6, 6.07) is -1.09. The summed E-state index contributed by atoms with van der Waals surface area (Å²) in [6.45, 7) is 0. The molecule has 0 saturated carbocycles. The number of primary amides is 1. The van der Waals surface area contributed by atoms with E-state index in [4.69, 9.17) is 5.73 Å². The van der Waals surface area contributed by atoms with Gasteiger partial charge in [-0.15, -0.1) is 11.3 Å². The highest BCUT2D eigenvalue weighted by Crippen LogP contribution is 2.38. The Morgan fingerprint density at radius 1 is 1.36 bits per heavy atom. The van der Waals surface area contributed by atoms with Crippen molar-refractivity contribution in [3.05, 3.63) is 16.8 Å². The monoisotopic (exact) mass is 320 g/mol. The maximum atomic E-state index is 11.3. The van der Waals surface area contributed by atoms with Crippen LogP contribution in [0.2, 0.25) is 0 Å². The van der Waals surface area contributed by atoms with Gasteiger partial charge in [-0.3, -0.25) is 4.79 Å². The fraction of sp³-hybridized carbons (Fsp3) is 0.429. The summed E-state index contributed by atoms with van der Waals surface area (Å²) in [4.78, 5) is 33.0. The Morgan fingerprint density at radius 2 is 2.14 bits per heavy atom. The molecular formula is C14H16N4O3S. The summed E-state index contributed by atoms with van der Waals surface area (Å²) >= 11 is 1.63. The molecule has 0 aromatic carbocycles. The van der Waals surface area contributed by atoms with E-state index < -0.39 is 17.9 Å². The lowest BCUT2D eigenvalue weighted by Gasteiger charge is -2.16. The Bertz CT molecular complexity index is 743. The summed E-state index contributed by atoms with van der Waals surface area (Å²) in [5, 5.41) is 13.0. The number of nitrogens with zero attached hydrogens (tertiary/aromatic N) is 2. The van der Waals surface area contributed by atoms with Crippen LogP contribution in [0.3, 0.4) is 0 Å². The Labute approximate surface area is 130 Å². The van der Waals surface area contributed by atoms with Gasteiger partial charge in [0.05, 0.1) is 11.8 Å². The standard InChI is InChI=1S/C14H16N4O3S/c15-10(19)5-8(14(20)21)18-12-11-7-3-1-2-4-9(7)22-13(11)17-6-16-12/h6,8H,1-5H2,(H2,15,19)(H,20,21)(H,16,17,18)/t8-/m0/s1. The average molecular weight is 320 g/mol. The zero-order valence-corrected chi connectivity index (χ0v) is 12.7. The third-order valence-electron chi connectivity index (χ3n) is 3.77. The van der Waals surface area contributed by atoms with Crippen LogP contribution in [-0.4, -0.2) is 33.0 Å². The minimum absolute atomic E-state index is 0.285.